The number of aromatic nitrogens is 1. The zero-order chi connectivity index (χ0) is 20.1. The lowest BCUT2D eigenvalue weighted by Crippen LogP contribution is -2.50. The number of rotatable bonds is 5. The summed E-state index contributed by atoms with van der Waals surface area (Å²) in [4.78, 5) is 22.2. The highest BCUT2D eigenvalue weighted by molar-refractivity contribution is 5.87. The molecule has 1 saturated heterocycles. The maximum atomic E-state index is 13.5. The van der Waals surface area contributed by atoms with E-state index in [1.54, 1.807) is 13.3 Å². The molecule has 1 atom stereocenters. The van der Waals surface area contributed by atoms with Gasteiger partial charge in [-0.05, 0) is 29.8 Å². The summed E-state index contributed by atoms with van der Waals surface area (Å²) >= 11 is 0. The van der Waals surface area contributed by atoms with Crippen molar-refractivity contribution in [2.24, 2.45) is 0 Å². The molecule has 2 aromatic carbocycles. The Balaban J connectivity index is 1.53. The van der Waals surface area contributed by atoms with E-state index < -0.39 is 0 Å². The van der Waals surface area contributed by atoms with Gasteiger partial charge in [0.1, 0.15) is 11.7 Å². The van der Waals surface area contributed by atoms with Crippen LogP contribution < -0.4 is 9.64 Å². The molecule has 1 fully saturated rings. The van der Waals surface area contributed by atoms with Crippen LogP contribution in [0.3, 0.4) is 0 Å². The quantitative estimate of drug-likeness (QED) is 0.671. The Morgan fingerprint density at radius 1 is 0.897 bits per heavy atom. The number of ether oxygens (including phenoxy) is 1. The molecule has 1 unspecified atom stereocenters. The third kappa shape index (κ3) is 4.09. The summed E-state index contributed by atoms with van der Waals surface area (Å²) < 4.78 is 5.50. The van der Waals surface area contributed by atoms with E-state index in [1.807, 2.05) is 71.6 Å². The Labute approximate surface area is 171 Å². The number of nitrogens with zero attached hydrogens (tertiary/aromatic N) is 3. The highest BCUT2D eigenvalue weighted by Gasteiger charge is 2.31. The van der Waals surface area contributed by atoms with Gasteiger partial charge in [0.05, 0.1) is 18.5 Å². The van der Waals surface area contributed by atoms with Crippen molar-refractivity contribution in [1.29, 1.82) is 0 Å². The van der Waals surface area contributed by atoms with Gasteiger partial charge in [0.2, 0.25) is 5.91 Å². The molecule has 1 aromatic heterocycles. The second-order valence-corrected chi connectivity index (χ2v) is 7.08. The smallest absolute Gasteiger partial charge is 0.236 e. The number of carbonyl (C=O) groups excluding carboxylic acids is 1. The summed E-state index contributed by atoms with van der Waals surface area (Å²) in [6.45, 7) is 2.89. The molecule has 4 rings (SSSR count). The first-order valence-corrected chi connectivity index (χ1v) is 9.90. The summed E-state index contributed by atoms with van der Waals surface area (Å²) in [5.74, 6) is 0.590. The number of piperazine rings is 1. The number of pyridine rings is 1. The maximum absolute atomic E-state index is 13.5. The standard InChI is InChI=1S/C24H25N3O2/c1-29-22-13-6-5-12-21(22)26-15-17-27(18-16-26)24(28)23(19-9-3-2-4-10-19)20-11-7-8-14-25-20/h2-14,23H,15-18H2,1H3. The average Bonchev–Trinajstić information content (AvgIpc) is 2.81. The zero-order valence-corrected chi connectivity index (χ0v) is 16.6. The van der Waals surface area contributed by atoms with Crippen LogP contribution >= 0.6 is 0 Å². The van der Waals surface area contributed by atoms with Gasteiger partial charge >= 0.3 is 0 Å². The van der Waals surface area contributed by atoms with Crippen LogP contribution in [0.4, 0.5) is 5.69 Å². The minimum absolute atomic E-state index is 0.106. The molecule has 5 nitrogen and oxygen atoms in total. The lowest BCUT2D eigenvalue weighted by atomic mass is 9.93. The van der Waals surface area contributed by atoms with Gasteiger partial charge in [-0.2, -0.15) is 0 Å². The highest BCUT2D eigenvalue weighted by atomic mass is 16.5. The Morgan fingerprint density at radius 2 is 1.59 bits per heavy atom. The van der Waals surface area contributed by atoms with E-state index in [-0.39, 0.29) is 11.8 Å². The molecule has 5 heteroatoms. The van der Waals surface area contributed by atoms with Crippen molar-refractivity contribution in [1.82, 2.24) is 9.88 Å². The second-order valence-electron chi connectivity index (χ2n) is 7.08. The first kappa shape index (κ1) is 19.0. The van der Waals surface area contributed by atoms with E-state index >= 15 is 0 Å². The molecule has 0 aliphatic carbocycles. The SMILES string of the molecule is COc1ccccc1N1CCN(C(=O)C(c2ccccc2)c2ccccn2)CC1. The summed E-state index contributed by atoms with van der Waals surface area (Å²) in [7, 11) is 1.69. The topological polar surface area (TPSA) is 45.7 Å². The molecule has 0 bridgehead atoms. The Hall–Kier alpha value is -3.34. The van der Waals surface area contributed by atoms with Crippen molar-refractivity contribution in [3.63, 3.8) is 0 Å². The van der Waals surface area contributed by atoms with Crippen LogP contribution in [0.1, 0.15) is 17.2 Å². The molecule has 0 N–H and O–H groups in total. The Morgan fingerprint density at radius 3 is 2.28 bits per heavy atom. The fourth-order valence-electron chi connectivity index (χ4n) is 3.87. The van der Waals surface area contributed by atoms with Crippen molar-refractivity contribution < 1.29 is 9.53 Å². The van der Waals surface area contributed by atoms with Crippen LogP contribution in [0.15, 0.2) is 79.0 Å². The minimum Gasteiger partial charge on any atom is -0.495 e. The summed E-state index contributed by atoms with van der Waals surface area (Å²) in [6.07, 6.45) is 1.75. The van der Waals surface area contributed by atoms with E-state index in [0.717, 1.165) is 35.8 Å². The number of anilines is 1. The lowest BCUT2D eigenvalue weighted by Gasteiger charge is -2.38. The fourth-order valence-corrected chi connectivity index (χ4v) is 3.87. The predicted octanol–water partition coefficient (Wildman–Crippen LogP) is 3.57. The minimum atomic E-state index is -0.379. The van der Waals surface area contributed by atoms with E-state index in [2.05, 4.69) is 16.0 Å². The van der Waals surface area contributed by atoms with Gasteiger partial charge < -0.3 is 14.5 Å². The van der Waals surface area contributed by atoms with Gasteiger partial charge in [0, 0.05) is 32.4 Å². The van der Waals surface area contributed by atoms with Crippen LogP contribution in [0.5, 0.6) is 5.75 Å². The summed E-state index contributed by atoms with van der Waals surface area (Å²) in [5, 5.41) is 0. The van der Waals surface area contributed by atoms with Crippen molar-refractivity contribution in [3.8, 4) is 5.75 Å². The van der Waals surface area contributed by atoms with Crippen molar-refractivity contribution in [2.75, 3.05) is 38.2 Å². The number of amides is 1. The van der Waals surface area contributed by atoms with Gasteiger partial charge in [-0.1, -0.05) is 48.5 Å². The van der Waals surface area contributed by atoms with Gasteiger partial charge in [-0.3, -0.25) is 9.78 Å². The van der Waals surface area contributed by atoms with Crippen LogP contribution in [0.25, 0.3) is 0 Å². The molecule has 148 valence electrons. The number of carbonyl (C=O) groups is 1. The van der Waals surface area contributed by atoms with Gasteiger partial charge in [-0.25, -0.2) is 0 Å². The largest absolute Gasteiger partial charge is 0.495 e. The van der Waals surface area contributed by atoms with Crippen LogP contribution in [-0.2, 0) is 4.79 Å². The first-order chi connectivity index (χ1) is 14.3. The molecule has 2 heterocycles. The predicted molar refractivity (Wildman–Crippen MR) is 114 cm³/mol. The second kappa shape index (κ2) is 8.78. The number of para-hydroxylation sites is 2. The van der Waals surface area contributed by atoms with E-state index in [1.165, 1.54) is 0 Å². The molecule has 3 aromatic rings. The lowest BCUT2D eigenvalue weighted by molar-refractivity contribution is -0.132. The number of hydrogen-bond acceptors (Lipinski definition) is 4. The van der Waals surface area contributed by atoms with Crippen LogP contribution in [-0.4, -0.2) is 49.1 Å². The molecule has 1 aliphatic heterocycles. The molecule has 0 spiro atoms. The zero-order valence-electron chi connectivity index (χ0n) is 16.6. The summed E-state index contributed by atoms with van der Waals surface area (Å²) in [6, 6.07) is 23.7. The molecule has 1 aliphatic rings. The van der Waals surface area contributed by atoms with E-state index in [4.69, 9.17) is 4.74 Å². The average molecular weight is 387 g/mol. The maximum Gasteiger partial charge on any atom is 0.236 e. The van der Waals surface area contributed by atoms with Crippen molar-refractivity contribution in [3.05, 3.63) is 90.3 Å². The third-order valence-electron chi connectivity index (χ3n) is 5.38. The monoisotopic (exact) mass is 387 g/mol. The number of methoxy groups -OCH3 is 1. The normalized spacial score (nSPS) is 15.1. The number of benzene rings is 2. The van der Waals surface area contributed by atoms with E-state index in [9.17, 15) is 4.79 Å². The van der Waals surface area contributed by atoms with Gasteiger partial charge in [0.15, 0.2) is 0 Å². The Kier molecular flexibility index (Phi) is 5.75. The van der Waals surface area contributed by atoms with E-state index in [0.29, 0.717) is 13.1 Å². The van der Waals surface area contributed by atoms with Crippen molar-refractivity contribution >= 4 is 11.6 Å². The van der Waals surface area contributed by atoms with Crippen molar-refractivity contribution in [2.45, 2.75) is 5.92 Å². The molecule has 1 amide bonds. The highest BCUT2D eigenvalue weighted by Crippen LogP contribution is 2.30. The molecule has 0 saturated carbocycles. The molecular weight excluding hydrogens is 362 g/mol. The third-order valence-corrected chi connectivity index (χ3v) is 5.38. The summed E-state index contributed by atoms with van der Waals surface area (Å²) in [5.41, 5.74) is 2.84. The fraction of sp³-hybridized carbons (Fsp3) is 0.250. The molecular formula is C24H25N3O2. The van der Waals surface area contributed by atoms with Crippen LogP contribution in [0.2, 0.25) is 0 Å². The number of hydrogen-bond donors (Lipinski definition) is 0. The van der Waals surface area contributed by atoms with Gasteiger partial charge in [-0.15, -0.1) is 0 Å². The molecule has 29 heavy (non-hydrogen) atoms. The van der Waals surface area contributed by atoms with Crippen LogP contribution in [0, 0.1) is 0 Å². The Bertz CT molecular complexity index is 899. The molecule has 0 radical (unpaired) electrons. The first-order valence-electron chi connectivity index (χ1n) is 9.90. The van der Waals surface area contributed by atoms with Gasteiger partial charge in [0.25, 0.3) is 0 Å².